The molecule has 0 aliphatic carbocycles. The first-order valence-electron chi connectivity index (χ1n) is 21.6. The fourth-order valence-corrected chi connectivity index (χ4v) is 15.8. The number of fused-ring (bicyclic) bond motifs is 9. The Bertz CT molecular complexity index is 3670. The van der Waals surface area contributed by atoms with Gasteiger partial charge in [0.15, 0.2) is 13.9 Å². The molecule has 0 atom stereocenters. The molecule has 0 saturated heterocycles. The van der Waals surface area contributed by atoms with Crippen molar-refractivity contribution < 1.29 is 0 Å². The molecule has 1 aliphatic heterocycles. The average Bonchev–Trinajstić information content (AvgIpc) is 3.98. The average molecular weight is 819 g/mol. The monoisotopic (exact) mass is 818 g/mol. The molecule has 5 heteroatoms. The molecule has 0 saturated carbocycles. The molecule has 294 valence electrons. The van der Waals surface area contributed by atoms with Gasteiger partial charge >= 0.3 is 0 Å². The smallest absolute Gasteiger partial charge is 0.185 e. The first-order valence-corrected chi connectivity index (χ1v) is 23.6. The Morgan fingerprint density at radius 2 is 0.810 bits per heavy atom. The molecule has 12 aromatic rings. The van der Waals surface area contributed by atoms with Gasteiger partial charge in [0.2, 0.25) is 0 Å². The van der Waals surface area contributed by atoms with E-state index in [0.717, 1.165) is 45.2 Å². The summed E-state index contributed by atoms with van der Waals surface area (Å²) < 4.78 is 4.81. The molecule has 4 nitrogen and oxygen atoms in total. The molecule has 0 radical (unpaired) electrons. The fraction of sp³-hybridized carbons (Fsp3) is 0. The minimum Gasteiger partial charge on any atom is -0.309 e. The van der Waals surface area contributed by atoms with Crippen LogP contribution in [0.25, 0.3) is 88.9 Å². The Hall–Kier alpha value is -8.12. The van der Waals surface area contributed by atoms with E-state index in [1.54, 1.807) is 0 Å². The van der Waals surface area contributed by atoms with Crippen molar-refractivity contribution in [1.29, 1.82) is 0 Å². The van der Waals surface area contributed by atoms with E-state index in [0.29, 0.717) is 0 Å². The minimum atomic E-state index is -2.86. The summed E-state index contributed by atoms with van der Waals surface area (Å²) in [5.41, 5.74) is 12.2. The Balaban J connectivity index is 1.03. The number of para-hydroxylation sites is 3. The minimum absolute atomic E-state index is 0.719. The maximum absolute atomic E-state index is 5.61. The number of hydrogen-bond donors (Lipinski definition) is 0. The Labute approximate surface area is 365 Å². The lowest BCUT2D eigenvalue weighted by molar-refractivity contribution is 1.16. The molecule has 13 rings (SSSR count). The third kappa shape index (κ3) is 5.21. The van der Waals surface area contributed by atoms with Gasteiger partial charge in [0.1, 0.15) is 0 Å². The van der Waals surface area contributed by atoms with Crippen molar-refractivity contribution in [2.45, 2.75) is 0 Å². The van der Waals surface area contributed by atoms with Gasteiger partial charge in [-0.15, -0.1) is 0 Å². The first-order chi connectivity index (χ1) is 31.3. The lowest BCUT2D eigenvalue weighted by atomic mass is 10.1. The van der Waals surface area contributed by atoms with Crippen molar-refractivity contribution in [3.63, 3.8) is 0 Å². The topological polar surface area (TPSA) is 35.6 Å². The standard InChI is InChI=1S/C58H38N4Si/c1-5-19-39(20-6-1)55-57-56(47-29-15-18-32-54(47)63(57,43-23-9-3-10-24-43)44-25-11-4-12-26-44)60-58(59-55)40-33-35-42(36-34-40)62-51-31-17-14-28-46(51)49-37-48-45-27-13-16-30-50(45)61(52(48)38-53(49)62)41-21-7-2-8-22-41/h1-38H. The Morgan fingerprint density at radius 1 is 0.333 bits per heavy atom. The van der Waals surface area contributed by atoms with Gasteiger partial charge in [0, 0.05) is 54.8 Å². The molecule has 9 aromatic carbocycles. The second kappa shape index (κ2) is 14.0. The predicted octanol–water partition coefficient (Wildman–Crippen LogP) is 11.4. The van der Waals surface area contributed by atoms with Gasteiger partial charge in [-0.2, -0.15) is 0 Å². The lowest BCUT2D eigenvalue weighted by Gasteiger charge is -2.32. The van der Waals surface area contributed by atoms with Crippen LogP contribution in [0.4, 0.5) is 0 Å². The summed E-state index contributed by atoms with van der Waals surface area (Å²) in [6.07, 6.45) is 0. The van der Waals surface area contributed by atoms with E-state index >= 15 is 0 Å². The van der Waals surface area contributed by atoms with Crippen molar-refractivity contribution >= 4 is 72.4 Å². The molecule has 0 amide bonds. The highest BCUT2D eigenvalue weighted by Gasteiger charge is 2.51. The number of aromatic nitrogens is 4. The van der Waals surface area contributed by atoms with Crippen LogP contribution >= 0.6 is 0 Å². The van der Waals surface area contributed by atoms with Crippen LogP contribution < -0.4 is 20.7 Å². The molecule has 0 bridgehead atoms. The van der Waals surface area contributed by atoms with Crippen LogP contribution in [0, 0.1) is 0 Å². The van der Waals surface area contributed by atoms with Crippen LogP contribution in [0.15, 0.2) is 231 Å². The second-order valence-corrected chi connectivity index (χ2v) is 20.2. The van der Waals surface area contributed by atoms with Crippen LogP contribution in [0.2, 0.25) is 0 Å². The number of hydrogen-bond acceptors (Lipinski definition) is 2. The molecular formula is C58H38N4Si. The van der Waals surface area contributed by atoms with E-state index in [4.69, 9.17) is 9.97 Å². The number of nitrogens with zero attached hydrogens (tertiary/aromatic N) is 4. The molecule has 0 fully saturated rings. The van der Waals surface area contributed by atoms with Crippen LogP contribution in [-0.2, 0) is 0 Å². The number of rotatable bonds is 6. The highest BCUT2D eigenvalue weighted by molar-refractivity contribution is 7.22. The second-order valence-electron chi connectivity index (χ2n) is 16.5. The summed E-state index contributed by atoms with van der Waals surface area (Å²) in [6.45, 7) is 0. The van der Waals surface area contributed by atoms with Crippen molar-refractivity contribution in [2.75, 3.05) is 0 Å². The molecule has 0 spiro atoms. The van der Waals surface area contributed by atoms with Crippen molar-refractivity contribution in [2.24, 2.45) is 0 Å². The Kier molecular flexibility index (Phi) is 7.89. The van der Waals surface area contributed by atoms with E-state index in [2.05, 4.69) is 240 Å². The highest BCUT2D eigenvalue weighted by Crippen LogP contribution is 2.40. The van der Waals surface area contributed by atoms with Crippen molar-refractivity contribution in [1.82, 2.24) is 19.1 Å². The molecule has 1 aliphatic rings. The van der Waals surface area contributed by atoms with Crippen LogP contribution in [0.3, 0.4) is 0 Å². The molecule has 3 aromatic heterocycles. The summed E-state index contributed by atoms with van der Waals surface area (Å²) >= 11 is 0. The fourth-order valence-electron chi connectivity index (χ4n) is 10.6. The maximum Gasteiger partial charge on any atom is 0.185 e. The summed E-state index contributed by atoms with van der Waals surface area (Å²) in [7, 11) is -2.86. The van der Waals surface area contributed by atoms with Gasteiger partial charge in [-0.25, -0.2) is 9.97 Å². The molecule has 0 N–H and O–H groups in total. The summed E-state index contributed by atoms with van der Waals surface area (Å²) in [4.78, 5) is 11.2. The van der Waals surface area contributed by atoms with Gasteiger partial charge in [0.25, 0.3) is 0 Å². The van der Waals surface area contributed by atoms with Crippen LogP contribution in [-0.4, -0.2) is 27.2 Å². The number of benzene rings is 9. The molecule has 63 heavy (non-hydrogen) atoms. The van der Waals surface area contributed by atoms with Gasteiger partial charge in [-0.05, 0) is 76.2 Å². The van der Waals surface area contributed by atoms with E-state index in [9.17, 15) is 0 Å². The zero-order valence-electron chi connectivity index (χ0n) is 34.2. The maximum atomic E-state index is 5.61. The van der Waals surface area contributed by atoms with Gasteiger partial charge < -0.3 is 9.13 Å². The van der Waals surface area contributed by atoms with Crippen LogP contribution in [0.5, 0.6) is 0 Å². The first kappa shape index (κ1) is 35.6. The Morgan fingerprint density at radius 3 is 1.41 bits per heavy atom. The largest absolute Gasteiger partial charge is 0.309 e. The summed E-state index contributed by atoms with van der Waals surface area (Å²) in [5.74, 6) is 0.719. The molecule has 4 heterocycles. The SMILES string of the molecule is c1ccc(-c2nc(-c3ccc(-n4c5ccccc5c5cc6c7ccccc7n(-c7ccccc7)c6cc54)cc3)nc3c2[Si](c2ccccc2)(c2ccccc2)c2ccccc2-3)cc1. The summed E-state index contributed by atoms with van der Waals surface area (Å²) in [6, 6.07) is 83.7. The quantitative estimate of drug-likeness (QED) is 0.157. The lowest BCUT2D eigenvalue weighted by Crippen LogP contribution is -2.73. The zero-order valence-corrected chi connectivity index (χ0v) is 35.2. The van der Waals surface area contributed by atoms with Crippen molar-refractivity contribution in [3.8, 4) is 45.3 Å². The van der Waals surface area contributed by atoms with E-state index < -0.39 is 8.07 Å². The predicted molar refractivity (Wildman–Crippen MR) is 264 cm³/mol. The van der Waals surface area contributed by atoms with Gasteiger partial charge in [0.05, 0.1) is 33.5 Å². The van der Waals surface area contributed by atoms with E-state index in [1.165, 1.54) is 64.4 Å². The normalized spacial score (nSPS) is 12.9. The third-order valence-electron chi connectivity index (χ3n) is 13.2. The zero-order chi connectivity index (χ0) is 41.5. The van der Waals surface area contributed by atoms with Crippen LogP contribution in [0.1, 0.15) is 0 Å². The van der Waals surface area contributed by atoms with E-state index in [-0.39, 0.29) is 0 Å². The van der Waals surface area contributed by atoms with E-state index in [1.807, 2.05) is 0 Å². The molecule has 0 unspecified atom stereocenters. The van der Waals surface area contributed by atoms with Gasteiger partial charge in [-0.1, -0.05) is 170 Å². The molecular weight excluding hydrogens is 781 g/mol. The highest BCUT2D eigenvalue weighted by atomic mass is 28.3. The third-order valence-corrected chi connectivity index (χ3v) is 18.1. The van der Waals surface area contributed by atoms with Gasteiger partial charge in [-0.3, -0.25) is 0 Å². The van der Waals surface area contributed by atoms with Crippen molar-refractivity contribution in [3.05, 3.63) is 231 Å². The summed E-state index contributed by atoms with van der Waals surface area (Å²) in [5, 5.41) is 10.2.